The minimum absolute atomic E-state index is 0.0710. The second-order valence-electron chi connectivity index (χ2n) is 7.03. The predicted octanol–water partition coefficient (Wildman–Crippen LogP) is 3.50. The number of aromatic nitrogens is 2. The lowest BCUT2D eigenvalue weighted by Crippen LogP contribution is -2.44. The number of carbonyl (C=O) groups excluding carboxylic acids is 1. The Hall–Kier alpha value is -2.68. The Labute approximate surface area is 161 Å². The van der Waals surface area contributed by atoms with Gasteiger partial charge in [-0.2, -0.15) is 13.9 Å². The number of halogens is 2. The zero-order valence-corrected chi connectivity index (χ0v) is 15.3. The monoisotopic (exact) mass is 392 g/mol. The van der Waals surface area contributed by atoms with Crippen LogP contribution in [0, 0.1) is 5.92 Å². The second-order valence-corrected chi connectivity index (χ2v) is 7.03. The number of ether oxygens (including phenoxy) is 2. The van der Waals surface area contributed by atoms with Crippen molar-refractivity contribution < 1.29 is 23.0 Å². The largest absolute Gasteiger partial charge is 0.435 e. The molecule has 2 aromatic rings. The number of hydrogen-bond donors (Lipinski definition) is 1. The lowest BCUT2D eigenvalue weighted by Gasteiger charge is -2.33. The summed E-state index contributed by atoms with van der Waals surface area (Å²) in [6.45, 7) is -0.942. The van der Waals surface area contributed by atoms with Gasteiger partial charge in [0, 0.05) is 19.2 Å². The van der Waals surface area contributed by atoms with Gasteiger partial charge in [-0.15, -0.1) is 0 Å². The average molecular weight is 392 g/mol. The van der Waals surface area contributed by atoms with E-state index in [0.717, 1.165) is 6.54 Å². The zero-order chi connectivity index (χ0) is 19.5. The van der Waals surface area contributed by atoms with E-state index in [1.54, 1.807) is 29.3 Å². The van der Waals surface area contributed by atoms with Crippen molar-refractivity contribution in [2.45, 2.75) is 32.1 Å². The van der Waals surface area contributed by atoms with Crippen LogP contribution in [-0.2, 0) is 11.3 Å². The molecule has 9 heteroatoms. The zero-order valence-electron chi connectivity index (χ0n) is 15.3. The molecular weight excluding hydrogens is 370 g/mol. The summed E-state index contributed by atoms with van der Waals surface area (Å²) in [7, 11) is 0. The molecule has 1 aromatic heterocycles. The molecule has 1 atom stereocenters. The Kier molecular flexibility index (Phi) is 5.43. The topological polar surface area (TPSA) is 68.6 Å². The Morgan fingerprint density at radius 1 is 1.36 bits per heavy atom. The fourth-order valence-electron chi connectivity index (χ4n) is 3.24. The minimum Gasteiger partial charge on any atom is -0.435 e. The molecule has 1 unspecified atom stereocenters. The number of carbonyl (C=O) groups is 1. The Morgan fingerprint density at radius 3 is 3.00 bits per heavy atom. The standard InChI is InChI=1S/C19H22F2N4O3/c20-18(21)28-15-3-1-2-14(10-15)16-12-24(8-9-27-16)19(26)23-17-6-7-22-25(17)11-13-4-5-13/h1-3,6-7,10,13,16,18H,4-5,8-9,11-12H2,(H,23,26). The number of amides is 2. The van der Waals surface area contributed by atoms with Crippen molar-refractivity contribution in [3.63, 3.8) is 0 Å². The van der Waals surface area contributed by atoms with Crippen molar-refractivity contribution in [3.05, 3.63) is 42.1 Å². The van der Waals surface area contributed by atoms with Crippen LogP contribution >= 0.6 is 0 Å². The number of anilines is 1. The maximum Gasteiger partial charge on any atom is 0.387 e. The molecule has 2 aliphatic rings. The molecular formula is C19H22F2N4O3. The molecule has 0 bridgehead atoms. The molecule has 150 valence electrons. The van der Waals surface area contributed by atoms with Gasteiger partial charge in [0.25, 0.3) is 0 Å². The van der Waals surface area contributed by atoms with Gasteiger partial charge in [-0.05, 0) is 36.5 Å². The predicted molar refractivity (Wildman–Crippen MR) is 97.3 cm³/mol. The second kappa shape index (κ2) is 8.14. The van der Waals surface area contributed by atoms with Crippen molar-refractivity contribution in [2.75, 3.05) is 25.0 Å². The number of benzene rings is 1. The van der Waals surface area contributed by atoms with Crippen LogP contribution in [-0.4, -0.2) is 47.0 Å². The first-order valence-electron chi connectivity index (χ1n) is 9.32. The molecule has 4 rings (SSSR count). The van der Waals surface area contributed by atoms with Gasteiger partial charge in [0.05, 0.1) is 19.3 Å². The summed E-state index contributed by atoms with van der Waals surface area (Å²) in [4.78, 5) is 14.4. The van der Waals surface area contributed by atoms with Crippen LogP contribution < -0.4 is 10.1 Å². The van der Waals surface area contributed by atoms with Crippen molar-refractivity contribution in [1.82, 2.24) is 14.7 Å². The van der Waals surface area contributed by atoms with Gasteiger partial charge in [-0.1, -0.05) is 12.1 Å². The number of morpholine rings is 1. The molecule has 1 aliphatic heterocycles. The quantitative estimate of drug-likeness (QED) is 0.817. The maximum atomic E-state index is 12.7. The molecule has 2 fully saturated rings. The van der Waals surface area contributed by atoms with E-state index >= 15 is 0 Å². The van der Waals surface area contributed by atoms with E-state index in [2.05, 4.69) is 15.2 Å². The lowest BCUT2D eigenvalue weighted by molar-refractivity contribution is -0.0503. The first-order valence-corrected chi connectivity index (χ1v) is 9.32. The summed E-state index contributed by atoms with van der Waals surface area (Å²) >= 11 is 0. The highest BCUT2D eigenvalue weighted by Crippen LogP contribution is 2.31. The fourth-order valence-corrected chi connectivity index (χ4v) is 3.24. The van der Waals surface area contributed by atoms with Crippen molar-refractivity contribution in [3.8, 4) is 5.75 Å². The van der Waals surface area contributed by atoms with Gasteiger partial charge >= 0.3 is 12.6 Å². The van der Waals surface area contributed by atoms with Crippen LogP contribution in [0.25, 0.3) is 0 Å². The third-order valence-corrected chi connectivity index (χ3v) is 4.89. The Morgan fingerprint density at radius 2 is 2.21 bits per heavy atom. The number of hydrogen-bond acceptors (Lipinski definition) is 4. The van der Waals surface area contributed by atoms with Crippen molar-refractivity contribution >= 4 is 11.8 Å². The normalized spacial score (nSPS) is 19.7. The molecule has 7 nitrogen and oxygen atoms in total. The van der Waals surface area contributed by atoms with Gasteiger partial charge in [-0.25, -0.2) is 9.48 Å². The summed E-state index contributed by atoms with van der Waals surface area (Å²) < 4.78 is 36.9. The summed E-state index contributed by atoms with van der Waals surface area (Å²) in [5.41, 5.74) is 0.689. The summed E-state index contributed by atoms with van der Waals surface area (Å²) in [6, 6.07) is 7.93. The highest BCUT2D eigenvalue weighted by Gasteiger charge is 2.27. The summed E-state index contributed by atoms with van der Waals surface area (Å²) in [5.74, 6) is 1.39. The minimum atomic E-state index is -2.88. The van der Waals surface area contributed by atoms with Crippen LogP contribution in [0.15, 0.2) is 36.5 Å². The van der Waals surface area contributed by atoms with Crippen LogP contribution in [0.3, 0.4) is 0 Å². The highest BCUT2D eigenvalue weighted by molar-refractivity contribution is 5.88. The van der Waals surface area contributed by atoms with Crippen LogP contribution in [0.5, 0.6) is 5.75 Å². The van der Waals surface area contributed by atoms with Gasteiger partial charge in [-0.3, -0.25) is 5.32 Å². The molecule has 2 amide bonds. The van der Waals surface area contributed by atoms with E-state index in [1.165, 1.54) is 25.0 Å². The average Bonchev–Trinajstić information content (AvgIpc) is 3.40. The summed E-state index contributed by atoms with van der Waals surface area (Å²) in [6.07, 6.45) is 3.67. The molecule has 0 spiro atoms. The number of alkyl halides is 2. The Balaban J connectivity index is 1.39. The highest BCUT2D eigenvalue weighted by atomic mass is 19.3. The van der Waals surface area contributed by atoms with Crippen LogP contribution in [0.1, 0.15) is 24.5 Å². The van der Waals surface area contributed by atoms with Crippen LogP contribution in [0.4, 0.5) is 19.4 Å². The van der Waals surface area contributed by atoms with E-state index in [0.29, 0.717) is 37.0 Å². The smallest absolute Gasteiger partial charge is 0.387 e. The Bertz CT molecular complexity index is 825. The summed E-state index contributed by atoms with van der Waals surface area (Å²) in [5, 5.41) is 7.18. The van der Waals surface area contributed by atoms with Gasteiger partial charge in [0.1, 0.15) is 17.7 Å². The first-order chi connectivity index (χ1) is 13.6. The fraction of sp³-hybridized carbons (Fsp3) is 0.474. The van der Waals surface area contributed by atoms with Crippen molar-refractivity contribution in [2.24, 2.45) is 5.92 Å². The maximum absolute atomic E-state index is 12.7. The molecule has 1 aliphatic carbocycles. The third kappa shape index (κ3) is 4.59. The van der Waals surface area contributed by atoms with E-state index in [-0.39, 0.29) is 11.8 Å². The molecule has 28 heavy (non-hydrogen) atoms. The lowest BCUT2D eigenvalue weighted by atomic mass is 10.1. The first kappa shape index (κ1) is 18.7. The van der Waals surface area contributed by atoms with Gasteiger partial charge in [0.15, 0.2) is 0 Å². The molecule has 1 saturated carbocycles. The van der Waals surface area contributed by atoms with Gasteiger partial charge < -0.3 is 14.4 Å². The molecule has 0 radical (unpaired) electrons. The number of nitrogens with zero attached hydrogens (tertiary/aromatic N) is 3. The molecule has 2 heterocycles. The molecule has 1 N–H and O–H groups in total. The van der Waals surface area contributed by atoms with E-state index in [1.807, 2.05) is 4.68 Å². The number of nitrogens with one attached hydrogen (secondary N) is 1. The third-order valence-electron chi connectivity index (χ3n) is 4.89. The SMILES string of the molecule is O=C(Nc1ccnn1CC1CC1)N1CCOC(c2cccc(OC(F)F)c2)C1. The molecule has 1 aromatic carbocycles. The van der Waals surface area contributed by atoms with E-state index in [4.69, 9.17) is 4.74 Å². The van der Waals surface area contributed by atoms with Crippen molar-refractivity contribution in [1.29, 1.82) is 0 Å². The number of urea groups is 1. The molecule has 1 saturated heterocycles. The number of rotatable bonds is 6. The van der Waals surface area contributed by atoms with E-state index in [9.17, 15) is 13.6 Å². The van der Waals surface area contributed by atoms with E-state index < -0.39 is 12.7 Å². The van der Waals surface area contributed by atoms with Crippen LogP contribution in [0.2, 0.25) is 0 Å². The van der Waals surface area contributed by atoms with Gasteiger partial charge in [0.2, 0.25) is 0 Å².